The van der Waals surface area contributed by atoms with Crippen molar-refractivity contribution >= 4 is 34.4 Å². The fraction of sp³-hybridized carbons (Fsp3) is 0.160. The van der Waals surface area contributed by atoms with Gasteiger partial charge in [-0.05, 0) is 37.6 Å². The number of hydrogen-bond acceptors (Lipinski definition) is 7. The van der Waals surface area contributed by atoms with Crippen molar-refractivity contribution in [3.63, 3.8) is 0 Å². The van der Waals surface area contributed by atoms with E-state index < -0.39 is 12.0 Å². The van der Waals surface area contributed by atoms with Gasteiger partial charge in [0.1, 0.15) is 0 Å². The number of benzene rings is 2. The van der Waals surface area contributed by atoms with Crippen LogP contribution >= 0.6 is 11.3 Å². The van der Waals surface area contributed by atoms with Crippen LogP contribution < -0.4 is 14.9 Å². The first kappa shape index (κ1) is 21.0. The number of carbonyl (C=O) groups is 1. The fourth-order valence-electron chi connectivity index (χ4n) is 3.92. The van der Waals surface area contributed by atoms with Crippen molar-refractivity contribution in [2.75, 3.05) is 6.61 Å². The second kappa shape index (κ2) is 8.55. The van der Waals surface area contributed by atoms with E-state index in [2.05, 4.69) is 15.0 Å². The summed E-state index contributed by atoms with van der Waals surface area (Å²) in [6.45, 7) is 3.77. The summed E-state index contributed by atoms with van der Waals surface area (Å²) in [6, 6.07) is 16.4. The normalized spacial score (nSPS) is 15.9. The number of thiazole rings is 1. The summed E-state index contributed by atoms with van der Waals surface area (Å²) in [4.78, 5) is 40.6. The number of carbonyl (C=O) groups excluding carboxylic acids is 1. The summed E-state index contributed by atoms with van der Waals surface area (Å²) >= 11 is 1.27. The summed E-state index contributed by atoms with van der Waals surface area (Å²) in [5.74, 6) is -0.470. The van der Waals surface area contributed by atoms with Crippen LogP contribution in [0.1, 0.15) is 31.1 Å². The molecule has 5 rings (SSSR count). The maximum absolute atomic E-state index is 13.6. The Kier molecular flexibility index (Phi) is 5.43. The van der Waals surface area contributed by atoms with Crippen molar-refractivity contribution < 1.29 is 9.53 Å². The predicted octanol–water partition coefficient (Wildman–Crippen LogP) is 2.74. The van der Waals surface area contributed by atoms with E-state index in [4.69, 9.17) is 4.74 Å². The molecule has 1 aliphatic heterocycles. The maximum atomic E-state index is 13.6. The van der Waals surface area contributed by atoms with E-state index in [1.807, 2.05) is 54.6 Å². The average molecular weight is 457 g/mol. The molecule has 1 aliphatic rings. The SMILES string of the molecule is CCOC(=O)C1=C(C)N=c2sc(=Cc3cnc4ccccc4n3)c(=O)n2C1c1ccccc1. The molecule has 0 amide bonds. The maximum Gasteiger partial charge on any atom is 0.338 e. The van der Waals surface area contributed by atoms with Crippen molar-refractivity contribution in [3.8, 4) is 0 Å². The minimum atomic E-state index is -0.619. The quantitative estimate of drug-likeness (QED) is 0.441. The van der Waals surface area contributed by atoms with E-state index in [9.17, 15) is 9.59 Å². The van der Waals surface area contributed by atoms with Gasteiger partial charge < -0.3 is 4.74 Å². The zero-order valence-corrected chi connectivity index (χ0v) is 18.9. The summed E-state index contributed by atoms with van der Waals surface area (Å²) in [5.41, 5.74) is 3.60. The summed E-state index contributed by atoms with van der Waals surface area (Å²) in [5, 5.41) is 0. The number of nitrogens with zero attached hydrogens (tertiary/aromatic N) is 4. The van der Waals surface area contributed by atoms with Crippen LogP contribution in [0.25, 0.3) is 17.1 Å². The number of aromatic nitrogens is 3. The molecule has 0 fully saturated rings. The number of fused-ring (bicyclic) bond motifs is 2. The highest BCUT2D eigenvalue weighted by Gasteiger charge is 2.33. The van der Waals surface area contributed by atoms with Gasteiger partial charge in [-0.1, -0.05) is 53.8 Å². The molecule has 1 atom stereocenters. The third kappa shape index (κ3) is 3.78. The van der Waals surface area contributed by atoms with E-state index in [1.165, 1.54) is 11.3 Å². The molecule has 0 bridgehead atoms. The van der Waals surface area contributed by atoms with Gasteiger partial charge in [0.25, 0.3) is 5.56 Å². The van der Waals surface area contributed by atoms with Crippen LogP contribution in [0.3, 0.4) is 0 Å². The number of esters is 1. The third-order valence-electron chi connectivity index (χ3n) is 5.38. The Hall–Kier alpha value is -3.91. The highest BCUT2D eigenvalue weighted by atomic mass is 32.1. The molecule has 8 heteroatoms. The largest absolute Gasteiger partial charge is 0.463 e. The van der Waals surface area contributed by atoms with Crippen LogP contribution in [0.5, 0.6) is 0 Å². The minimum Gasteiger partial charge on any atom is -0.463 e. The van der Waals surface area contributed by atoms with Gasteiger partial charge in [-0.3, -0.25) is 14.3 Å². The molecular weight excluding hydrogens is 436 g/mol. The van der Waals surface area contributed by atoms with Gasteiger partial charge in [-0.15, -0.1) is 0 Å². The smallest absolute Gasteiger partial charge is 0.338 e. The Morgan fingerprint density at radius 3 is 2.61 bits per heavy atom. The number of rotatable bonds is 4. The van der Waals surface area contributed by atoms with E-state index in [1.54, 1.807) is 30.7 Å². The Balaban J connectivity index is 1.71. The molecule has 4 aromatic rings. The standard InChI is InChI=1S/C25H20N4O3S/c1-3-32-24(31)21-15(2)27-25-29(22(21)16-9-5-4-6-10-16)23(30)20(33-25)13-17-14-26-18-11-7-8-12-19(18)28-17/h4-14,22H,3H2,1-2H3. The monoisotopic (exact) mass is 456 g/mol. The lowest BCUT2D eigenvalue weighted by Gasteiger charge is -2.24. The number of allylic oxidation sites excluding steroid dienone is 1. The molecule has 7 nitrogen and oxygen atoms in total. The molecule has 2 aromatic carbocycles. The lowest BCUT2D eigenvalue weighted by atomic mass is 9.96. The number of hydrogen-bond donors (Lipinski definition) is 0. The minimum absolute atomic E-state index is 0.238. The molecule has 1 unspecified atom stereocenters. The van der Waals surface area contributed by atoms with Crippen molar-refractivity contribution in [1.82, 2.24) is 14.5 Å². The van der Waals surface area contributed by atoms with E-state index in [0.29, 0.717) is 26.3 Å². The summed E-state index contributed by atoms with van der Waals surface area (Å²) in [7, 11) is 0. The van der Waals surface area contributed by atoms with Gasteiger partial charge in [0.2, 0.25) is 0 Å². The molecule has 0 saturated heterocycles. The van der Waals surface area contributed by atoms with Crippen LogP contribution in [0, 0.1) is 0 Å². The van der Waals surface area contributed by atoms with Crippen LogP contribution in [-0.2, 0) is 9.53 Å². The average Bonchev–Trinajstić information content (AvgIpc) is 3.13. The van der Waals surface area contributed by atoms with Gasteiger partial charge in [-0.25, -0.2) is 14.8 Å². The number of para-hydroxylation sites is 2. The molecule has 33 heavy (non-hydrogen) atoms. The Bertz CT molecular complexity index is 1590. The van der Waals surface area contributed by atoms with Gasteiger partial charge in [0, 0.05) is 0 Å². The lowest BCUT2D eigenvalue weighted by molar-refractivity contribution is -0.139. The van der Waals surface area contributed by atoms with Crippen LogP contribution in [0.15, 0.2) is 81.9 Å². The zero-order chi connectivity index (χ0) is 22.9. The van der Waals surface area contributed by atoms with Crippen molar-refractivity contribution in [3.05, 3.63) is 103 Å². The lowest BCUT2D eigenvalue weighted by Crippen LogP contribution is -2.39. The number of ether oxygens (including phenoxy) is 1. The molecule has 0 radical (unpaired) electrons. The van der Waals surface area contributed by atoms with Crippen molar-refractivity contribution in [1.29, 1.82) is 0 Å². The van der Waals surface area contributed by atoms with Gasteiger partial charge >= 0.3 is 5.97 Å². The molecule has 164 valence electrons. The third-order valence-corrected chi connectivity index (χ3v) is 6.36. The van der Waals surface area contributed by atoms with Gasteiger partial charge in [-0.2, -0.15) is 0 Å². The van der Waals surface area contributed by atoms with E-state index in [0.717, 1.165) is 16.6 Å². The Labute approximate surface area is 193 Å². The fourth-order valence-corrected chi connectivity index (χ4v) is 4.95. The Morgan fingerprint density at radius 1 is 1.12 bits per heavy atom. The topological polar surface area (TPSA) is 86.4 Å². The van der Waals surface area contributed by atoms with Crippen molar-refractivity contribution in [2.45, 2.75) is 19.9 Å². The van der Waals surface area contributed by atoms with Crippen LogP contribution in [0.4, 0.5) is 0 Å². The summed E-state index contributed by atoms with van der Waals surface area (Å²) in [6.07, 6.45) is 3.36. The first-order chi connectivity index (χ1) is 16.1. The van der Waals surface area contributed by atoms with Crippen molar-refractivity contribution in [2.24, 2.45) is 4.99 Å². The second-order valence-corrected chi connectivity index (χ2v) is 8.51. The highest BCUT2D eigenvalue weighted by molar-refractivity contribution is 7.07. The molecule has 0 spiro atoms. The molecule has 0 N–H and O–H groups in total. The molecular formula is C25H20N4O3S. The molecule has 3 heterocycles. The second-order valence-electron chi connectivity index (χ2n) is 7.50. The molecule has 0 aliphatic carbocycles. The highest BCUT2D eigenvalue weighted by Crippen LogP contribution is 2.30. The van der Waals surface area contributed by atoms with E-state index in [-0.39, 0.29) is 12.2 Å². The van der Waals surface area contributed by atoms with Crippen LogP contribution in [0.2, 0.25) is 0 Å². The summed E-state index contributed by atoms with van der Waals surface area (Å²) < 4.78 is 7.35. The van der Waals surface area contributed by atoms with Gasteiger partial charge in [0.15, 0.2) is 4.80 Å². The molecule has 0 saturated carbocycles. The zero-order valence-electron chi connectivity index (χ0n) is 18.1. The van der Waals surface area contributed by atoms with Crippen LogP contribution in [-0.4, -0.2) is 27.1 Å². The molecule has 2 aromatic heterocycles. The van der Waals surface area contributed by atoms with E-state index >= 15 is 0 Å². The first-order valence-electron chi connectivity index (χ1n) is 10.5. The Morgan fingerprint density at radius 2 is 1.85 bits per heavy atom. The predicted molar refractivity (Wildman–Crippen MR) is 126 cm³/mol. The first-order valence-corrected chi connectivity index (χ1v) is 11.3. The van der Waals surface area contributed by atoms with Gasteiger partial charge in [0.05, 0.1) is 51.4 Å².